The van der Waals surface area contributed by atoms with Crippen LogP contribution >= 0.6 is 0 Å². The van der Waals surface area contributed by atoms with E-state index < -0.39 is 11.4 Å². The van der Waals surface area contributed by atoms with E-state index in [1.807, 2.05) is 0 Å². The first-order chi connectivity index (χ1) is 9.51. The molecule has 20 heavy (non-hydrogen) atoms. The number of benzene rings is 1. The Bertz CT molecular complexity index is 732. The number of aromatic nitrogens is 1. The van der Waals surface area contributed by atoms with E-state index >= 15 is 0 Å². The molecular formula is C14H15NO5. The number of hydrogen-bond acceptors (Lipinski definition) is 4. The topological polar surface area (TPSA) is 88.8 Å². The van der Waals surface area contributed by atoms with Crippen molar-refractivity contribution in [1.82, 2.24) is 4.57 Å². The van der Waals surface area contributed by atoms with E-state index in [0.29, 0.717) is 22.2 Å². The number of methoxy groups -OCH3 is 1. The summed E-state index contributed by atoms with van der Waals surface area (Å²) < 4.78 is 6.77. The van der Waals surface area contributed by atoms with Gasteiger partial charge in [0.1, 0.15) is 11.3 Å². The second kappa shape index (κ2) is 5.34. The van der Waals surface area contributed by atoms with Gasteiger partial charge < -0.3 is 19.5 Å². The molecule has 0 saturated heterocycles. The van der Waals surface area contributed by atoms with Crippen LogP contribution in [0.2, 0.25) is 0 Å². The van der Waals surface area contributed by atoms with Crippen LogP contribution in [0.15, 0.2) is 23.1 Å². The average Bonchev–Trinajstić information content (AvgIpc) is 2.41. The maximum atomic E-state index is 12.3. The van der Waals surface area contributed by atoms with Crippen LogP contribution in [-0.4, -0.2) is 34.5 Å². The van der Waals surface area contributed by atoms with Gasteiger partial charge in [0.2, 0.25) is 5.43 Å². The molecule has 106 valence electrons. The molecule has 1 heterocycles. The van der Waals surface area contributed by atoms with Crippen LogP contribution in [0.4, 0.5) is 0 Å². The molecule has 2 N–H and O–H groups in total. The van der Waals surface area contributed by atoms with E-state index in [0.717, 1.165) is 0 Å². The van der Waals surface area contributed by atoms with Gasteiger partial charge in [0.15, 0.2) is 0 Å². The second-order valence-electron chi connectivity index (χ2n) is 4.40. The molecule has 2 rings (SSSR count). The summed E-state index contributed by atoms with van der Waals surface area (Å²) in [5, 5.41) is 18.6. The first kappa shape index (κ1) is 14.1. The van der Waals surface area contributed by atoms with Gasteiger partial charge in [-0.15, -0.1) is 0 Å². The molecule has 6 heteroatoms. The molecule has 0 unspecified atom stereocenters. The summed E-state index contributed by atoms with van der Waals surface area (Å²) in [6.07, 6.45) is 1.24. The highest BCUT2D eigenvalue weighted by atomic mass is 16.5. The van der Waals surface area contributed by atoms with E-state index in [-0.39, 0.29) is 18.7 Å². The number of aliphatic hydroxyl groups is 1. The van der Waals surface area contributed by atoms with Crippen molar-refractivity contribution in [3.05, 3.63) is 39.7 Å². The number of pyridine rings is 1. The number of carbonyl (C=O) groups is 1. The highest BCUT2D eigenvalue weighted by Gasteiger charge is 2.18. The van der Waals surface area contributed by atoms with Crippen molar-refractivity contribution < 1.29 is 19.7 Å². The number of aromatic carboxylic acids is 1. The van der Waals surface area contributed by atoms with Crippen LogP contribution in [0.5, 0.6) is 5.75 Å². The van der Waals surface area contributed by atoms with Gasteiger partial charge in [-0.3, -0.25) is 4.79 Å². The van der Waals surface area contributed by atoms with Gasteiger partial charge in [0.25, 0.3) is 0 Å². The summed E-state index contributed by atoms with van der Waals surface area (Å²) in [6, 6.07) is 3.42. The number of carboxylic acid groups (broad SMARTS) is 1. The number of rotatable bonds is 4. The lowest BCUT2D eigenvalue weighted by Gasteiger charge is -2.15. The van der Waals surface area contributed by atoms with Gasteiger partial charge in [-0.25, -0.2) is 4.79 Å². The predicted octanol–water partition coefficient (Wildman–Crippen LogP) is 1.01. The molecule has 0 bridgehead atoms. The Balaban J connectivity index is 3.01. The summed E-state index contributed by atoms with van der Waals surface area (Å²) in [5.41, 5.74) is 0.303. The average molecular weight is 277 g/mol. The normalized spacial score (nSPS) is 10.8. The Morgan fingerprint density at radius 2 is 2.10 bits per heavy atom. The van der Waals surface area contributed by atoms with Gasteiger partial charge in [-0.05, 0) is 18.6 Å². The number of hydrogen-bond donors (Lipinski definition) is 2. The van der Waals surface area contributed by atoms with Crippen molar-refractivity contribution in [3.63, 3.8) is 0 Å². The number of aliphatic hydroxyl groups excluding tert-OH is 1. The number of fused-ring (bicyclic) bond motifs is 1. The molecule has 1 aromatic carbocycles. The summed E-state index contributed by atoms with van der Waals surface area (Å²) in [4.78, 5) is 23.5. The first-order valence-electron chi connectivity index (χ1n) is 6.06. The molecule has 1 aromatic heterocycles. The molecule has 0 fully saturated rings. The SMILES string of the molecule is COc1ccc(C)c2c(=O)c(C(=O)O)cn(CCO)c12. The zero-order chi connectivity index (χ0) is 14.9. The van der Waals surface area contributed by atoms with E-state index in [1.54, 1.807) is 19.1 Å². The molecule has 0 aliphatic rings. The third-order valence-electron chi connectivity index (χ3n) is 3.18. The molecule has 6 nitrogen and oxygen atoms in total. The third-order valence-corrected chi connectivity index (χ3v) is 3.18. The zero-order valence-corrected chi connectivity index (χ0v) is 11.2. The van der Waals surface area contributed by atoms with Gasteiger partial charge in [-0.1, -0.05) is 6.07 Å². The predicted molar refractivity (Wildman–Crippen MR) is 73.5 cm³/mol. The Morgan fingerprint density at radius 1 is 1.40 bits per heavy atom. The minimum atomic E-state index is -1.29. The van der Waals surface area contributed by atoms with Crippen LogP contribution in [-0.2, 0) is 6.54 Å². The standard InChI is InChI=1S/C14H15NO5/c1-8-3-4-10(20-2)12-11(8)13(17)9(14(18)19)7-15(12)5-6-16/h3-4,7,16H,5-6H2,1-2H3,(H,18,19). The van der Waals surface area contributed by atoms with Crippen molar-refractivity contribution in [2.24, 2.45) is 0 Å². The number of nitrogens with zero attached hydrogens (tertiary/aromatic N) is 1. The lowest BCUT2D eigenvalue weighted by molar-refractivity contribution is 0.0694. The Labute approximate surface area is 114 Å². The van der Waals surface area contributed by atoms with Gasteiger partial charge in [0.05, 0.1) is 24.6 Å². The zero-order valence-electron chi connectivity index (χ0n) is 11.2. The van der Waals surface area contributed by atoms with Crippen LogP contribution in [0.25, 0.3) is 10.9 Å². The fourth-order valence-electron chi connectivity index (χ4n) is 2.26. The smallest absolute Gasteiger partial charge is 0.341 e. The number of aryl methyl sites for hydroxylation is 1. The van der Waals surface area contributed by atoms with Crippen molar-refractivity contribution >= 4 is 16.9 Å². The van der Waals surface area contributed by atoms with Crippen molar-refractivity contribution in [3.8, 4) is 5.75 Å². The third kappa shape index (κ3) is 2.14. The minimum absolute atomic E-state index is 0.172. The van der Waals surface area contributed by atoms with Crippen molar-refractivity contribution in [2.75, 3.05) is 13.7 Å². The van der Waals surface area contributed by atoms with Crippen molar-refractivity contribution in [2.45, 2.75) is 13.5 Å². The first-order valence-corrected chi connectivity index (χ1v) is 6.06. The highest BCUT2D eigenvalue weighted by molar-refractivity contribution is 5.95. The Kier molecular flexibility index (Phi) is 3.76. The van der Waals surface area contributed by atoms with Gasteiger partial charge in [-0.2, -0.15) is 0 Å². The molecule has 0 aliphatic carbocycles. The monoisotopic (exact) mass is 277 g/mol. The molecule has 0 spiro atoms. The Morgan fingerprint density at radius 3 is 2.65 bits per heavy atom. The van der Waals surface area contributed by atoms with Gasteiger partial charge >= 0.3 is 5.97 Å². The second-order valence-corrected chi connectivity index (χ2v) is 4.40. The Hall–Kier alpha value is -2.34. The van der Waals surface area contributed by atoms with Crippen molar-refractivity contribution in [1.29, 1.82) is 0 Å². The summed E-state index contributed by atoms with van der Waals surface area (Å²) in [5.74, 6) is -0.820. The molecule has 2 aromatic rings. The summed E-state index contributed by atoms with van der Waals surface area (Å²) in [6.45, 7) is 1.74. The molecule has 0 radical (unpaired) electrons. The summed E-state index contributed by atoms with van der Waals surface area (Å²) >= 11 is 0. The molecule has 0 saturated carbocycles. The fourth-order valence-corrected chi connectivity index (χ4v) is 2.26. The molecule has 0 amide bonds. The van der Waals surface area contributed by atoms with E-state index in [2.05, 4.69) is 0 Å². The lowest BCUT2D eigenvalue weighted by atomic mass is 10.1. The van der Waals surface area contributed by atoms with Crippen LogP contribution in [0.3, 0.4) is 0 Å². The molecular weight excluding hydrogens is 262 g/mol. The minimum Gasteiger partial charge on any atom is -0.495 e. The van der Waals surface area contributed by atoms with Crippen LogP contribution in [0, 0.1) is 6.92 Å². The number of carboxylic acids is 1. The maximum absolute atomic E-state index is 12.3. The summed E-state index contributed by atoms with van der Waals surface area (Å²) in [7, 11) is 1.48. The quantitative estimate of drug-likeness (QED) is 0.870. The van der Waals surface area contributed by atoms with Crippen LogP contribution < -0.4 is 10.2 Å². The van der Waals surface area contributed by atoms with E-state index in [4.69, 9.17) is 14.9 Å². The van der Waals surface area contributed by atoms with Gasteiger partial charge in [0, 0.05) is 12.7 Å². The lowest BCUT2D eigenvalue weighted by Crippen LogP contribution is -2.20. The van der Waals surface area contributed by atoms with Crippen LogP contribution in [0.1, 0.15) is 15.9 Å². The molecule has 0 aliphatic heterocycles. The maximum Gasteiger partial charge on any atom is 0.341 e. The molecule has 0 atom stereocenters. The number of ether oxygens (including phenoxy) is 1. The highest BCUT2D eigenvalue weighted by Crippen LogP contribution is 2.26. The largest absolute Gasteiger partial charge is 0.495 e. The van der Waals surface area contributed by atoms with E-state index in [9.17, 15) is 9.59 Å². The van der Waals surface area contributed by atoms with E-state index in [1.165, 1.54) is 17.9 Å². The fraction of sp³-hybridized carbons (Fsp3) is 0.286.